The highest BCUT2D eigenvalue weighted by Crippen LogP contribution is 2.24. The zero-order valence-corrected chi connectivity index (χ0v) is 15.1. The van der Waals surface area contributed by atoms with Gasteiger partial charge < -0.3 is 14.4 Å². The zero-order chi connectivity index (χ0) is 18.4. The quantitative estimate of drug-likeness (QED) is 0.604. The smallest absolute Gasteiger partial charge is 0.310 e. The molecule has 1 aromatic rings. The number of benzene rings is 1. The fourth-order valence-electron chi connectivity index (χ4n) is 2.80. The molecule has 0 N–H and O–H groups in total. The molecule has 0 spiro atoms. The summed E-state index contributed by atoms with van der Waals surface area (Å²) in [7, 11) is 0. The van der Waals surface area contributed by atoms with E-state index in [2.05, 4.69) is 0 Å². The molecule has 5 nitrogen and oxygen atoms in total. The molecule has 1 saturated heterocycles. The summed E-state index contributed by atoms with van der Waals surface area (Å²) in [5.41, 5.74) is -0.459. The number of ether oxygens (including phenoxy) is 2. The number of piperidine rings is 1. The van der Waals surface area contributed by atoms with Gasteiger partial charge >= 0.3 is 5.97 Å². The van der Waals surface area contributed by atoms with Gasteiger partial charge in [0, 0.05) is 18.5 Å². The summed E-state index contributed by atoms with van der Waals surface area (Å²) in [6.07, 6.45) is 1.49. The zero-order valence-electron chi connectivity index (χ0n) is 15.1. The van der Waals surface area contributed by atoms with Crippen LogP contribution in [0.15, 0.2) is 24.3 Å². The minimum Gasteiger partial charge on any atom is -0.487 e. The maximum absolute atomic E-state index is 13.4. The molecule has 0 radical (unpaired) electrons. The van der Waals surface area contributed by atoms with E-state index in [9.17, 15) is 14.0 Å². The van der Waals surface area contributed by atoms with E-state index in [0.717, 1.165) is 6.42 Å². The van der Waals surface area contributed by atoms with Gasteiger partial charge in [-0.1, -0.05) is 32.9 Å². The maximum atomic E-state index is 13.4. The summed E-state index contributed by atoms with van der Waals surface area (Å²) in [4.78, 5) is 26.3. The molecule has 1 unspecified atom stereocenters. The van der Waals surface area contributed by atoms with E-state index >= 15 is 0 Å². The number of carbonyl (C=O) groups is 2. The second-order valence-electron chi connectivity index (χ2n) is 7.29. The van der Waals surface area contributed by atoms with Gasteiger partial charge in [-0.3, -0.25) is 9.59 Å². The Labute approximate surface area is 148 Å². The first-order chi connectivity index (χ1) is 11.8. The van der Waals surface area contributed by atoms with Crippen molar-refractivity contribution in [3.63, 3.8) is 0 Å². The number of para-hydroxylation sites is 1. The average Bonchev–Trinajstić information content (AvgIpc) is 2.58. The maximum Gasteiger partial charge on any atom is 0.310 e. The van der Waals surface area contributed by atoms with Gasteiger partial charge in [0.05, 0.1) is 5.92 Å². The summed E-state index contributed by atoms with van der Waals surface area (Å²) >= 11 is 0. The van der Waals surface area contributed by atoms with Crippen LogP contribution in [0, 0.1) is 17.2 Å². The highest BCUT2D eigenvalue weighted by molar-refractivity contribution is 5.82. The lowest BCUT2D eigenvalue weighted by Crippen LogP contribution is -2.47. The van der Waals surface area contributed by atoms with Crippen LogP contribution in [-0.4, -0.2) is 43.1 Å². The molecule has 1 amide bonds. The third-order valence-electron chi connectivity index (χ3n) is 4.11. The minimum absolute atomic E-state index is 0.0490. The van der Waals surface area contributed by atoms with Crippen LogP contribution in [0.3, 0.4) is 0 Å². The summed E-state index contributed by atoms with van der Waals surface area (Å²) in [5, 5.41) is 0. The van der Waals surface area contributed by atoms with Gasteiger partial charge in [-0.15, -0.1) is 0 Å². The molecule has 1 fully saturated rings. The Bertz CT molecular complexity index is 612. The molecule has 1 atom stereocenters. The van der Waals surface area contributed by atoms with Crippen molar-refractivity contribution in [2.75, 3.05) is 26.3 Å². The van der Waals surface area contributed by atoms with E-state index in [4.69, 9.17) is 9.47 Å². The highest BCUT2D eigenvalue weighted by Gasteiger charge is 2.33. The average molecular weight is 351 g/mol. The molecule has 0 aliphatic carbocycles. The van der Waals surface area contributed by atoms with E-state index < -0.39 is 11.2 Å². The van der Waals surface area contributed by atoms with Crippen molar-refractivity contribution in [2.45, 2.75) is 33.6 Å². The topological polar surface area (TPSA) is 55.8 Å². The summed E-state index contributed by atoms with van der Waals surface area (Å²) in [5.74, 6) is -0.902. The van der Waals surface area contributed by atoms with Crippen molar-refractivity contribution in [2.24, 2.45) is 11.3 Å². The number of hydrogen-bond acceptors (Lipinski definition) is 4. The van der Waals surface area contributed by atoms with Crippen LogP contribution >= 0.6 is 0 Å². The van der Waals surface area contributed by atoms with Gasteiger partial charge in [0.15, 0.2) is 11.6 Å². The van der Waals surface area contributed by atoms with Gasteiger partial charge in [-0.25, -0.2) is 4.39 Å². The first-order valence-corrected chi connectivity index (χ1v) is 8.62. The Morgan fingerprint density at radius 1 is 1.24 bits per heavy atom. The molecule has 0 aromatic heterocycles. The van der Waals surface area contributed by atoms with Crippen LogP contribution in [0.25, 0.3) is 0 Å². The number of rotatable bonds is 5. The summed E-state index contributed by atoms with van der Waals surface area (Å²) in [6, 6.07) is 6.08. The molecule has 1 aromatic carbocycles. The number of nitrogens with zero attached hydrogens (tertiary/aromatic N) is 1. The molecule has 2 rings (SSSR count). The second kappa shape index (κ2) is 8.32. The molecule has 6 heteroatoms. The monoisotopic (exact) mass is 351 g/mol. The lowest BCUT2D eigenvalue weighted by atomic mass is 9.91. The first-order valence-electron chi connectivity index (χ1n) is 8.62. The van der Waals surface area contributed by atoms with E-state index in [0.29, 0.717) is 19.5 Å². The Kier molecular flexibility index (Phi) is 6.39. The molecule has 138 valence electrons. The van der Waals surface area contributed by atoms with Gasteiger partial charge in [0.1, 0.15) is 13.2 Å². The van der Waals surface area contributed by atoms with Crippen molar-refractivity contribution in [3.05, 3.63) is 30.1 Å². The van der Waals surface area contributed by atoms with Crippen molar-refractivity contribution in [3.8, 4) is 5.75 Å². The Balaban J connectivity index is 1.77. The third kappa shape index (κ3) is 5.44. The van der Waals surface area contributed by atoms with Gasteiger partial charge in [0.2, 0.25) is 5.91 Å². The fraction of sp³-hybridized carbons (Fsp3) is 0.579. The number of likely N-dealkylation sites (tertiary alicyclic amines) is 1. The lowest BCUT2D eigenvalue weighted by Gasteiger charge is -2.35. The second-order valence-corrected chi connectivity index (χ2v) is 7.29. The molecular weight excluding hydrogens is 325 g/mol. The third-order valence-corrected chi connectivity index (χ3v) is 4.11. The molecule has 1 heterocycles. The molecule has 0 bridgehead atoms. The normalized spacial score (nSPS) is 17.9. The Hall–Kier alpha value is -2.11. The minimum atomic E-state index is -0.459. The number of esters is 1. The summed E-state index contributed by atoms with van der Waals surface area (Å²) < 4.78 is 23.9. The standard InChI is InChI=1S/C19H26FNO4/c1-19(2,3)18(23)21-10-6-7-14(13-21)17(22)25-12-11-24-16-9-5-4-8-15(16)20/h4-5,8-9,14H,6-7,10-13H2,1-3H3. The largest absolute Gasteiger partial charge is 0.487 e. The van der Waals surface area contributed by atoms with Crippen LogP contribution in [-0.2, 0) is 14.3 Å². The number of amides is 1. The van der Waals surface area contributed by atoms with Crippen molar-refractivity contribution in [1.29, 1.82) is 0 Å². The number of hydrogen-bond donors (Lipinski definition) is 0. The van der Waals surface area contributed by atoms with Gasteiger partial charge in [-0.05, 0) is 25.0 Å². The fourth-order valence-corrected chi connectivity index (χ4v) is 2.80. The van der Waals surface area contributed by atoms with Gasteiger partial charge in [0.25, 0.3) is 0 Å². The molecule has 25 heavy (non-hydrogen) atoms. The van der Waals surface area contributed by atoms with E-state index in [1.165, 1.54) is 12.1 Å². The Morgan fingerprint density at radius 3 is 2.64 bits per heavy atom. The van der Waals surface area contributed by atoms with Crippen molar-refractivity contribution >= 4 is 11.9 Å². The van der Waals surface area contributed by atoms with Crippen molar-refractivity contribution in [1.82, 2.24) is 4.90 Å². The van der Waals surface area contributed by atoms with Crippen LogP contribution in [0.2, 0.25) is 0 Å². The van der Waals surface area contributed by atoms with Crippen LogP contribution in [0.5, 0.6) is 5.75 Å². The van der Waals surface area contributed by atoms with Crippen LogP contribution < -0.4 is 4.74 Å². The summed E-state index contributed by atoms with van der Waals surface area (Å²) in [6.45, 7) is 6.83. The predicted octanol–water partition coefficient (Wildman–Crippen LogP) is 3.03. The lowest BCUT2D eigenvalue weighted by molar-refractivity contribution is -0.153. The number of carbonyl (C=O) groups excluding carboxylic acids is 2. The van der Waals surface area contributed by atoms with E-state index in [1.807, 2.05) is 20.8 Å². The van der Waals surface area contributed by atoms with E-state index in [-0.39, 0.29) is 36.8 Å². The predicted molar refractivity (Wildman–Crippen MR) is 91.6 cm³/mol. The molecule has 1 aliphatic rings. The molecule has 0 saturated carbocycles. The SMILES string of the molecule is CC(C)(C)C(=O)N1CCCC(C(=O)OCCOc2ccccc2F)C1. The van der Waals surface area contributed by atoms with Gasteiger partial charge in [-0.2, -0.15) is 0 Å². The first kappa shape index (κ1) is 19.2. The molecule has 1 aliphatic heterocycles. The Morgan fingerprint density at radius 2 is 1.96 bits per heavy atom. The van der Waals surface area contributed by atoms with E-state index in [1.54, 1.807) is 17.0 Å². The van der Waals surface area contributed by atoms with Crippen LogP contribution in [0.4, 0.5) is 4.39 Å². The van der Waals surface area contributed by atoms with Crippen LogP contribution in [0.1, 0.15) is 33.6 Å². The molecular formula is C19H26FNO4. The van der Waals surface area contributed by atoms with Crippen molar-refractivity contribution < 1.29 is 23.5 Å². The number of halogens is 1. The highest BCUT2D eigenvalue weighted by atomic mass is 19.1.